The molecule has 0 atom stereocenters. The van der Waals surface area contributed by atoms with Crippen molar-refractivity contribution in [3.63, 3.8) is 0 Å². The van der Waals surface area contributed by atoms with Gasteiger partial charge in [-0.3, -0.25) is 4.79 Å². The summed E-state index contributed by atoms with van der Waals surface area (Å²) in [7, 11) is -3.73. The maximum Gasteiger partial charge on any atom is 0.416 e. The molecular formula is C19H18ClF3N2O5S. The van der Waals surface area contributed by atoms with Crippen LogP contribution in [-0.4, -0.2) is 51.5 Å². The molecule has 1 aliphatic rings. The molecule has 1 N–H and O–H groups in total. The average Bonchev–Trinajstić information content (AvgIpc) is 2.73. The third-order valence-electron chi connectivity index (χ3n) is 4.37. The number of rotatable bonds is 6. The summed E-state index contributed by atoms with van der Waals surface area (Å²) in [5.74, 6) is -0.536. The molecule has 0 saturated carbocycles. The van der Waals surface area contributed by atoms with Gasteiger partial charge in [-0.15, -0.1) is 0 Å². The van der Waals surface area contributed by atoms with Crippen LogP contribution >= 0.6 is 11.6 Å². The van der Waals surface area contributed by atoms with Gasteiger partial charge in [-0.1, -0.05) is 11.6 Å². The summed E-state index contributed by atoms with van der Waals surface area (Å²) in [5, 5.41) is 2.40. The van der Waals surface area contributed by atoms with E-state index in [0.29, 0.717) is 13.2 Å². The Hall–Kier alpha value is -2.34. The smallest absolute Gasteiger partial charge is 0.416 e. The van der Waals surface area contributed by atoms with E-state index in [9.17, 15) is 26.4 Å². The summed E-state index contributed by atoms with van der Waals surface area (Å²) in [4.78, 5) is 12.0. The maximum absolute atomic E-state index is 12.6. The predicted octanol–water partition coefficient (Wildman–Crippen LogP) is 3.40. The lowest BCUT2D eigenvalue weighted by Crippen LogP contribution is -2.40. The number of hydrogen-bond acceptors (Lipinski definition) is 5. The Kier molecular flexibility index (Phi) is 7.10. The Morgan fingerprint density at radius 3 is 2.35 bits per heavy atom. The molecule has 0 bridgehead atoms. The highest BCUT2D eigenvalue weighted by molar-refractivity contribution is 7.89. The van der Waals surface area contributed by atoms with Crippen LogP contribution in [-0.2, 0) is 25.7 Å². The van der Waals surface area contributed by atoms with Gasteiger partial charge in [0.15, 0.2) is 6.61 Å². The second-order valence-electron chi connectivity index (χ2n) is 6.52. The molecule has 168 valence electrons. The lowest BCUT2D eigenvalue weighted by Gasteiger charge is -2.26. The fourth-order valence-electron chi connectivity index (χ4n) is 2.78. The number of alkyl halides is 3. The molecule has 0 radical (unpaired) electrons. The van der Waals surface area contributed by atoms with Gasteiger partial charge in [0.05, 0.1) is 28.7 Å². The third-order valence-corrected chi connectivity index (χ3v) is 6.56. The Morgan fingerprint density at radius 2 is 1.77 bits per heavy atom. The van der Waals surface area contributed by atoms with Gasteiger partial charge in [0.1, 0.15) is 5.75 Å². The molecule has 0 unspecified atom stereocenters. The molecule has 0 aromatic heterocycles. The van der Waals surface area contributed by atoms with Crippen LogP contribution in [0.4, 0.5) is 18.9 Å². The number of carbonyl (C=O) groups is 1. The lowest BCUT2D eigenvalue weighted by molar-refractivity contribution is -0.137. The first kappa shape index (κ1) is 23.3. The van der Waals surface area contributed by atoms with Crippen LogP contribution in [0.2, 0.25) is 5.02 Å². The van der Waals surface area contributed by atoms with E-state index in [2.05, 4.69) is 5.32 Å². The highest BCUT2D eigenvalue weighted by atomic mass is 35.5. The topological polar surface area (TPSA) is 84.9 Å². The summed E-state index contributed by atoms with van der Waals surface area (Å²) in [6.07, 6.45) is -4.47. The fraction of sp³-hybridized carbons (Fsp3) is 0.316. The number of ether oxygens (including phenoxy) is 2. The minimum Gasteiger partial charge on any atom is -0.482 e. The van der Waals surface area contributed by atoms with Gasteiger partial charge in [-0.05, 0) is 42.5 Å². The molecule has 7 nitrogen and oxygen atoms in total. The number of benzene rings is 2. The van der Waals surface area contributed by atoms with Gasteiger partial charge in [0.25, 0.3) is 5.91 Å². The van der Waals surface area contributed by atoms with Crippen molar-refractivity contribution in [3.8, 4) is 5.75 Å². The molecule has 1 saturated heterocycles. The molecule has 12 heteroatoms. The number of halogens is 4. The van der Waals surface area contributed by atoms with Crippen molar-refractivity contribution in [2.75, 3.05) is 38.2 Å². The molecular weight excluding hydrogens is 461 g/mol. The fourth-order valence-corrected chi connectivity index (χ4v) is 4.51. The summed E-state index contributed by atoms with van der Waals surface area (Å²) >= 11 is 6.11. The molecule has 1 amide bonds. The number of hydrogen-bond donors (Lipinski definition) is 1. The summed E-state index contributed by atoms with van der Waals surface area (Å²) in [6, 6.07) is 7.83. The number of amides is 1. The normalized spacial score (nSPS) is 15.5. The minimum absolute atomic E-state index is 0.00309. The summed E-state index contributed by atoms with van der Waals surface area (Å²) in [5.41, 5.74) is -0.666. The van der Waals surface area contributed by atoms with Crippen LogP contribution in [0, 0.1) is 0 Å². The number of morpholine rings is 1. The van der Waals surface area contributed by atoms with Gasteiger partial charge < -0.3 is 14.8 Å². The Morgan fingerprint density at radius 1 is 1.13 bits per heavy atom. The SMILES string of the molecule is O=C(COc1ccc(S(=O)(=O)N2CCOCC2)cc1Cl)Nc1ccc(C(F)(F)F)cc1. The van der Waals surface area contributed by atoms with Crippen LogP contribution in [0.3, 0.4) is 0 Å². The first-order chi connectivity index (χ1) is 14.6. The third kappa shape index (κ3) is 5.88. The van der Waals surface area contributed by atoms with Gasteiger partial charge in [-0.25, -0.2) is 8.42 Å². The van der Waals surface area contributed by atoms with E-state index in [1.165, 1.54) is 22.5 Å². The van der Waals surface area contributed by atoms with Crippen LogP contribution in [0.15, 0.2) is 47.4 Å². The van der Waals surface area contributed by atoms with E-state index in [4.69, 9.17) is 21.1 Å². The second kappa shape index (κ2) is 9.43. The van der Waals surface area contributed by atoms with Crippen molar-refractivity contribution in [3.05, 3.63) is 53.1 Å². The van der Waals surface area contributed by atoms with E-state index >= 15 is 0 Å². The molecule has 2 aromatic carbocycles. The average molecular weight is 479 g/mol. The molecule has 0 spiro atoms. The molecule has 2 aromatic rings. The van der Waals surface area contributed by atoms with E-state index in [0.717, 1.165) is 24.3 Å². The van der Waals surface area contributed by atoms with Crippen LogP contribution in [0.25, 0.3) is 0 Å². The van der Waals surface area contributed by atoms with Crippen LogP contribution in [0.1, 0.15) is 5.56 Å². The number of nitrogens with zero attached hydrogens (tertiary/aromatic N) is 1. The minimum atomic E-state index is -4.47. The first-order valence-electron chi connectivity index (χ1n) is 9.05. The largest absolute Gasteiger partial charge is 0.482 e. The molecule has 1 aliphatic heterocycles. The maximum atomic E-state index is 12.6. The number of carbonyl (C=O) groups excluding carboxylic acids is 1. The monoisotopic (exact) mass is 478 g/mol. The van der Waals surface area contributed by atoms with Crippen molar-refractivity contribution in [2.45, 2.75) is 11.1 Å². The van der Waals surface area contributed by atoms with Crippen molar-refractivity contribution < 1.29 is 35.9 Å². The standard InChI is InChI=1S/C19H18ClF3N2O5S/c20-16-11-15(31(27,28)25-7-9-29-10-8-25)5-6-17(16)30-12-18(26)24-14-3-1-13(2-4-14)19(21,22)23/h1-6,11H,7-10,12H2,(H,24,26). The highest BCUT2D eigenvalue weighted by Gasteiger charge is 2.30. The van der Waals surface area contributed by atoms with Crippen molar-refractivity contribution in [2.24, 2.45) is 0 Å². The predicted molar refractivity (Wildman–Crippen MR) is 107 cm³/mol. The Balaban J connectivity index is 1.59. The van der Waals surface area contributed by atoms with E-state index in [1.54, 1.807) is 0 Å². The quantitative estimate of drug-likeness (QED) is 0.688. The van der Waals surface area contributed by atoms with E-state index < -0.39 is 34.3 Å². The lowest BCUT2D eigenvalue weighted by atomic mass is 10.2. The Bertz CT molecular complexity index is 1040. The molecule has 0 aliphatic carbocycles. The van der Waals surface area contributed by atoms with E-state index in [-0.39, 0.29) is 34.4 Å². The number of nitrogens with one attached hydrogen (secondary N) is 1. The zero-order valence-corrected chi connectivity index (χ0v) is 17.6. The molecule has 3 rings (SSSR count). The van der Waals surface area contributed by atoms with E-state index in [1.807, 2.05) is 0 Å². The number of anilines is 1. The van der Waals surface area contributed by atoms with Gasteiger partial charge in [0.2, 0.25) is 10.0 Å². The van der Waals surface area contributed by atoms with Crippen LogP contribution < -0.4 is 10.1 Å². The second-order valence-corrected chi connectivity index (χ2v) is 8.87. The van der Waals surface area contributed by atoms with Crippen molar-refractivity contribution >= 4 is 33.2 Å². The molecule has 1 heterocycles. The zero-order valence-electron chi connectivity index (χ0n) is 16.0. The van der Waals surface area contributed by atoms with Gasteiger partial charge in [0, 0.05) is 18.8 Å². The Labute approximate surface area is 181 Å². The highest BCUT2D eigenvalue weighted by Crippen LogP contribution is 2.30. The molecule has 1 fully saturated rings. The first-order valence-corrected chi connectivity index (χ1v) is 10.9. The van der Waals surface area contributed by atoms with Crippen molar-refractivity contribution in [1.29, 1.82) is 0 Å². The van der Waals surface area contributed by atoms with Gasteiger partial charge >= 0.3 is 6.18 Å². The molecule has 31 heavy (non-hydrogen) atoms. The van der Waals surface area contributed by atoms with Gasteiger partial charge in [-0.2, -0.15) is 17.5 Å². The van der Waals surface area contributed by atoms with Crippen LogP contribution in [0.5, 0.6) is 5.75 Å². The number of sulfonamides is 1. The van der Waals surface area contributed by atoms with Crippen molar-refractivity contribution in [1.82, 2.24) is 4.31 Å². The summed E-state index contributed by atoms with van der Waals surface area (Å²) in [6.45, 7) is 0.616. The summed E-state index contributed by atoms with van der Waals surface area (Å²) < 4.78 is 74.7. The zero-order chi connectivity index (χ0) is 22.6.